The van der Waals surface area contributed by atoms with Gasteiger partial charge >= 0.3 is 12.1 Å². The van der Waals surface area contributed by atoms with Gasteiger partial charge in [-0.1, -0.05) is 0 Å². The second-order valence-corrected chi connectivity index (χ2v) is 4.29. The number of hydrogen-bond donors (Lipinski definition) is 2. The average Bonchev–Trinajstić information content (AvgIpc) is 2.70. The van der Waals surface area contributed by atoms with Crippen LogP contribution >= 0.6 is 11.3 Å². The smallest absolute Gasteiger partial charge is 0.405 e. The van der Waals surface area contributed by atoms with E-state index in [1.807, 2.05) is 0 Å². The monoisotopic (exact) mass is 279 g/mol. The number of thiophene rings is 1. The van der Waals surface area contributed by atoms with Crippen LogP contribution in [0.5, 0.6) is 0 Å². The molecule has 1 amide bonds. The van der Waals surface area contributed by atoms with Crippen molar-refractivity contribution in [2.24, 2.45) is 0 Å². The summed E-state index contributed by atoms with van der Waals surface area (Å²) in [6.07, 6.45) is -2.32. The van der Waals surface area contributed by atoms with Crippen LogP contribution in [-0.2, 0) is 4.79 Å². The topological polar surface area (TPSA) is 66.4 Å². The molecule has 1 heterocycles. The van der Waals surface area contributed by atoms with Crippen molar-refractivity contribution in [3.63, 3.8) is 0 Å². The lowest BCUT2D eigenvalue weighted by atomic mass is 10.4. The number of carbonyl (C=O) groups excluding carboxylic acids is 1. The van der Waals surface area contributed by atoms with E-state index >= 15 is 0 Å². The molecule has 0 aliphatic heterocycles. The van der Waals surface area contributed by atoms with Crippen LogP contribution in [0.1, 0.15) is 14.5 Å². The number of halogens is 3. The number of alkyl halides is 3. The fourth-order valence-corrected chi connectivity index (χ4v) is 1.81. The Morgan fingerprint density at radius 3 is 2.61 bits per heavy atom. The van der Waals surface area contributed by atoms with E-state index in [4.69, 9.17) is 5.11 Å². The van der Waals surface area contributed by atoms with Gasteiger partial charge in [0.1, 0.15) is 6.54 Å². The number of carboxylic acid groups (broad SMARTS) is 1. The molecule has 18 heavy (non-hydrogen) atoms. The molecule has 0 saturated carbocycles. The third-order valence-electron chi connectivity index (χ3n) is 1.69. The van der Waals surface area contributed by atoms with Crippen LogP contribution in [-0.4, -0.2) is 29.7 Å². The minimum absolute atomic E-state index is 0.0873. The van der Waals surface area contributed by atoms with Gasteiger partial charge < -0.3 is 10.4 Å². The first-order chi connectivity index (χ1) is 8.28. The van der Waals surface area contributed by atoms with Gasteiger partial charge in [0.15, 0.2) is 0 Å². The number of rotatable bonds is 4. The van der Waals surface area contributed by atoms with E-state index < -0.39 is 24.6 Å². The van der Waals surface area contributed by atoms with Crippen molar-refractivity contribution in [2.45, 2.75) is 6.18 Å². The lowest BCUT2D eigenvalue weighted by Crippen LogP contribution is -2.33. The molecule has 0 aliphatic carbocycles. The van der Waals surface area contributed by atoms with Crippen molar-refractivity contribution in [3.8, 4) is 0 Å². The van der Waals surface area contributed by atoms with E-state index in [0.717, 1.165) is 17.4 Å². The van der Waals surface area contributed by atoms with Crippen LogP contribution < -0.4 is 5.32 Å². The summed E-state index contributed by atoms with van der Waals surface area (Å²) in [4.78, 5) is 22.1. The van der Waals surface area contributed by atoms with Gasteiger partial charge in [-0.05, 0) is 18.2 Å². The van der Waals surface area contributed by atoms with Gasteiger partial charge in [0, 0.05) is 11.0 Å². The summed E-state index contributed by atoms with van der Waals surface area (Å²) in [5, 5.41) is 10.1. The molecule has 98 valence electrons. The van der Waals surface area contributed by atoms with E-state index in [9.17, 15) is 22.8 Å². The van der Waals surface area contributed by atoms with Crippen LogP contribution in [0.3, 0.4) is 0 Å². The zero-order valence-corrected chi connectivity index (χ0v) is 9.64. The fourth-order valence-electron chi connectivity index (χ4n) is 0.985. The Labute approximate surface area is 104 Å². The molecule has 0 radical (unpaired) electrons. The van der Waals surface area contributed by atoms with Crippen LogP contribution in [0, 0.1) is 0 Å². The first-order valence-electron chi connectivity index (χ1n) is 4.64. The zero-order chi connectivity index (χ0) is 13.8. The van der Waals surface area contributed by atoms with Crippen LogP contribution in [0.15, 0.2) is 18.2 Å². The molecule has 0 aliphatic rings. The van der Waals surface area contributed by atoms with Crippen molar-refractivity contribution in [2.75, 3.05) is 6.54 Å². The molecular formula is C10H8F3NO3S. The minimum atomic E-state index is -4.46. The van der Waals surface area contributed by atoms with Gasteiger partial charge in [-0.25, -0.2) is 4.79 Å². The summed E-state index contributed by atoms with van der Waals surface area (Å²) >= 11 is 0.904. The van der Waals surface area contributed by atoms with E-state index in [1.165, 1.54) is 18.2 Å². The van der Waals surface area contributed by atoms with Crippen LogP contribution in [0.2, 0.25) is 0 Å². The molecule has 0 spiro atoms. The largest absolute Gasteiger partial charge is 0.478 e. The van der Waals surface area contributed by atoms with E-state index in [-0.39, 0.29) is 4.88 Å². The molecule has 0 saturated heterocycles. The molecular weight excluding hydrogens is 271 g/mol. The molecule has 0 fully saturated rings. The zero-order valence-electron chi connectivity index (χ0n) is 8.82. The van der Waals surface area contributed by atoms with E-state index in [2.05, 4.69) is 0 Å². The van der Waals surface area contributed by atoms with Crippen molar-refractivity contribution in [1.82, 2.24) is 5.32 Å². The molecule has 8 heteroatoms. The van der Waals surface area contributed by atoms with Gasteiger partial charge in [0.25, 0.3) is 5.91 Å². The predicted octanol–water partition coefficient (Wildman–Crippen LogP) is 2.14. The predicted molar refractivity (Wildman–Crippen MR) is 59.4 cm³/mol. The first kappa shape index (κ1) is 14.2. The second kappa shape index (κ2) is 5.67. The number of carbonyl (C=O) groups is 2. The summed E-state index contributed by atoms with van der Waals surface area (Å²) in [6, 6.07) is 2.78. The van der Waals surface area contributed by atoms with E-state index in [1.54, 1.807) is 5.32 Å². The Hall–Kier alpha value is -1.83. The third-order valence-corrected chi connectivity index (χ3v) is 2.74. The van der Waals surface area contributed by atoms with Crippen molar-refractivity contribution in [1.29, 1.82) is 0 Å². The third kappa shape index (κ3) is 5.00. The molecule has 1 rings (SSSR count). The lowest BCUT2D eigenvalue weighted by Gasteiger charge is -2.06. The Morgan fingerprint density at radius 1 is 1.39 bits per heavy atom. The minimum Gasteiger partial charge on any atom is -0.478 e. The SMILES string of the molecule is O=C(O)C=Cc1ccc(C(=O)NCC(F)(F)F)s1. The number of carboxylic acids is 1. The number of aliphatic carboxylic acids is 1. The lowest BCUT2D eigenvalue weighted by molar-refractivity contribution is -0.131. The van der Waals surface area contributed by atoms with Gasteiger partial charge in [-0.3, -0.25) is 4.79 Å². The Kier molecular flexibility index (Phi) is 4.49. The molecule has 4 nitrogen and oxygen atoms in total. The maximum atomic E-state index is 11.9. The van der Waals surface area contributed by atoms with Gasteiger partial charge in [0.05, 0.1) is 4.88 Å². The number of amides is 1. The number of nitrogens with one attached hydrogen (secondary N) is 1. The standard InChI is InChI=1S/C10H8F3NO3S/c11-10(12,13)5-14-9(17)7-3-1-6(18-7)2-4-8(15)16/h1-4H,5H2,(H,14,17)(H,15,16). The van der Waals surface area contributed by atoms with Gasteiger partial charge in [0.2, 0.25) is 0 Å². The fraction of sp³-hybridized carbons (Fsp3) is 0.200. The maximum absolute atomic E-state index is 11.9. The summed E-state index contributed by atoms with van der Waals surface area (Å²) in [6.45, 7) is -1.40. The quantitative estimate of drug-likeness (QED) is 0.830. The highest BCUT2D eigenvalue weighted by molar-refractivity contribution is 7.14. The summed E-state index contributed by atoms with van der Waals surface area (Å²) in [7, 11) is 0. The maximum Gasteiger partial charge on any atom is 0.405 e. The molecule has 0 unspecified atom stereocenters. The highest BCUT2D eigenvalue weighted by Crippen LogP contribution is 2.18. The summed E-state index contributed by atoms with van der Waals surface area (Å²) in [5.41, 5.74) is 0. The molecule has 1 aromatic rings. The molecule has 0 atom stereocenters. The van der Waals surface area contributed by atoms with Crippen LogP contribution in [0.4, 0.5) is 13.2 Å². The Bertz CT molecular complexity index is 479. The Morgan fingerprint density at radius 2 is 2.06 bits per heavy atom. The highest BCUT2D eigenvalue weighted by atomic mass is 32.1. The molecule has 0 bridgehead atoms. The molecule has 2 N–H and O–H groups in total. The number of hydrogen-bond acceptors (Lipinski definition) is 3. The molecule has 0 aromatic carbocycles. The van der Waals surface area contributed by atoms with Gasteiger partial charge in [-0.15, -0.1) is 11.3 Å². The van der Waals surface area contributed by atoms with Crippen molar-refractivity contribution < 1.29 is 27.9 Å². The highest BCUT2D eigenvalue weighted by Gasteiger charge is 2.28. The Balaban J connectivity index is 2.62. The first-order valence-corrected chi connectivity index (χ1v) is 5.45. The normalized spacial score (nSPS) is 11.7. The van der Waals surface area contributed by atoms with Crippen molar-refractivity contribution in [3.05, 3.63) is 28.0 Å². The van der Waals surface area contributed by atoms with E-state index in [0.29, 0.717) is 4.88 Å². The summed E-state index contributed by atoms with van der Waals surface area (Å²) in [5.74, 6) is -1.99. The van der Waals surface area contributed by atoms with Gasteiger partial charge in [-0.2, -0.15) is 13.2 Å². The van der Waals surface area contributed by atoms with Crippen molar-refractivity contribution >= 4 is 29.3 Å². The summed E-state index contributed by atoms with van der Waals surface area (Å²) < 4.78 is 35.6. The molecule has 1 aromatic heterocycles. The second-order valence-electron chi connectivity index (χ2n) is 3.17. The average molecular weight is 279 g/mol. The van der Waals surface area contributed by atoms with Crippen LogP contribution in [0.25, 0.3) is 6.08 Å².